The largest absolute Gasteiger partial charge is 0.392 e. The molecule has 118 valence electrons. The number of nitrogens with one attached hydrogen (secondary N) is 1. The molecule has 0 fully saturated rings. The van der Waals surface area contributed by atoms with Gasteiger partial charge in [-0.3, -0.25) is 0 Å². The van der Waals surface area contributed by atoms with Gasteiger partial charge in [-0.15, -0.1) is 0 Å². The second-order valence-electron chi connectivity index (χ2n) is 5.21. The van der Waals surface area contributed by atoms with Gasteiger partial charge in [-0.2, -0.15) is 0 Å². The van der Waals surface area contributed by atoms with Crippen LogP contribution in [0.5, 0.6) is 0 Å². The summed E-state index contributed by atoms with van der Waals surface area (Å²) in [5, 5.41) is 12.4. The Kier molecular flexibility index (Phi) is 5.71. The summed E-state index contributed by atoms with van der Waals surface area (Å²) >= 11 is 0. The molecule has 0 amide bonds. The summed E-state index contributed by atoms with van der Waals surface area (Å²) in [7, 11) is -3.25. The second-order valence-corrected chi connectivity index (χ2v) is 7.32. The van der Waals surface area contributed by atoms with E-state index in [1.54, 1.807) is 30.3 Å². The average molecular weight is 319 g/mol. The van der Waals surface area contributed by atoms with Crippen LogP contribution in [0.4, 0.5) is 0 Å². The highest BCUT2D eigenvalue weighted by Gasteiger charge is 2.14. The Hall–Kier alpha value is -1.69. The van der Waals surface area contributed by atoms with Crippen molar-refractivity contribution in [1.29, 1.82) is 0 Å². The van der Waals surface area contributed by atoms with Crippen molar-refractivity contribution in [3.63, 3.8) is 0 Å². The molecule has 2 aromatic rings. The smallest absolute Gasteiger partial charge is 0.179 e. The van der Waals surface area contributed by atoms with Crippen LogP contribution in [0.1, 0.15) is 24.1 Å². The lowest BCUT2D eigenvalue weighted by atomic mass is 10.1. The van der Waals surface area contributed by atoms with Gasteiger partial charge in [0.25, 0.3) is 0 Å². The molecular formula is C17H21NO3S. The fraction of sp³-hybridized carbons (Fsp3) is 0.294. The number of benzene rings is 2. The summed E-state index contributed by atoms with van der Waals surface area (Å²) in [5.74, 6) is 0.0566. The van der Waals surface area contributed by atoms with Crippen LogP contribution in [0.2, 0.25) is 0 Å². The Balaban J connectivity index is 1.93. The molecule has 2 aromatic carbocycles. The molecular weight excluding hydrogens is 298 g/mol. The molecule has 1 atom stereocenters. The second kappa shape index (κ2) is 7.54. The maximum absolute atomic E-state index is 12.2. The van der Waals surface area contributed by atoms with E-state index < -0.39 is 9.84 Å². The highest BCUT2D eigenvalue weighted by atomic mass is 32.2. The summed E-state index contributed by atoms with van der Waals surface area (Å²) in [6.45, 7) is 2.36. The molecule has 0 radical (unpaired) electrons. The normalized spacial score (nSPS) is 13.0. The first-order valence-corrected chi connectivity index (χ1v) is 8.89. The molecule has 0 saturated heterocycles. The van der Waals surface area contributed by atoms with Crippen molar-refractivity contribution >= 4 is 9.84 Å². The Morgan fingerprint density at radius 2 is 1.82 bits per heavy atom. The van der Waals surface area contributed by atoms with Crippen molar-refractivity contribution in [1.82, 2.24) is 5.32 Å². The topological polar surface area (TPSA) is 66.4 Å². The van der Waals surface area contributed by atoms with Crippen LogP contribution in [0.25, 0.3) is 0 Å². The molecule has 22 heavy (non-hydrogen) atoms. The zero-order valence-corrected chi connectivity index (χ0v) is 13.4. The fourth-order valence-electron chi connectivity index (χ4n) is 2.23. The van der Waals surface area contributed by atoms with Crippen LogP contribution >= 0.6 is 0 Å². The van der Waals surface area contributed by atoms with Crippen LogP contribution in [0.3, 0.4) is 0 Å². The predicted octanol–water partition coefficient (Wildman–Crippen LogP) is 2.30. The number of aliphatic hydroxyl groups is 1. The molecule has 0 heterocycles. The van der Waals surface area contributed by atoms with E-state index in [1.807, 2.05) is 31.2 Å². The molecule has 5 heteroatoms. The molecule has 0 spiro atoms. The first kappa shape index (κ1) is 16.7. The summed E-state index contributed by atoms with van der Waals surface area (Å²) < 4.78 is 24.4. The van der Waals surface area contributed by atoms with Crippen molar-refractivity contribution in [3.05, 3.63) is 65.7 Å². The van der Waals surface area contributed by atoms with Crippen LogP contribution in [-0.4, -0.2) is 25.8 Å². The zero-order valence-electron chi connectivity index (χ0n) is 12.6. The molecule has 2 rings (SSSR count). The third kappa shape index (κ3) is 4.40. The van der Waals surface area contributed by atoms with Gasteiger partial charge in [0.1, 0.15) is 0 Å². The van der Waals surface area contributed by atoms with Gasteiger partial charge in [0, 0.05) is 12.6 Å². The lowest BCUT2D eigenvalue weighted by Gasteiger charge is -2.15. The van der Waals surface area contributed by atoms with Crippen LogP contribution in [0.15, 0.2) is 59.5 Å². The standard InChI is InChI=1S/C17H21NO3S/c1-14(16-7-5-6-15(12-16)13-19)18-10-11-22(20,21)17-8-3-2-4-9-17/h2-9,12,14,18-19H,10-11,13H2,1H3. The molecule has 2 N–H and O–H groups in total. The van der Waals surface area contributed by atoms with Crippen molar-refractivity contribution in [2.24, 2.45) is 0 Å². The van der Waals surface area contributed by atoms with Gasteiger partial charge in [0.15, 0.2) is 9.84 Å². The Morgan fingerprint density at radius 3 is 2.50 bits per heavy atom. The van der Waals surface area contributed by atoms with Crippen molar-refractivity contribution in [2.75, 3.05) is 12.3 Å². The van der Waals surface area contributed by atoms with Gasteiger partial charge < -0.3 is 10.4 Å². The Labute approximate surface area is 131 Å². The van der Waals surface area contributed by atoms with E-state index in [1.165, 1.54) is 0 Å². The zero-order chi connectivity index (χ0) is 16.0. The first-order chi connectivity index (χ1) is 10.5. The van der Waals surface area contributed by atoms with E-state index in [9.17, 15) is 8.42 Å². The van der Waals surface area contributed by atoms with Crippen molar-refractivity contribution < 1.29 is 13.5 Å². The van der Waals surface area contributed by atoms with Gasteiger partial charge in [0.2, 0.25) is 0 Å². The van der Waals surface area contributed by atoms with Gasteiger partial charge in [-0.25, -0.2) is 8.42 Å². The van der Waals surface area contributed by atoms with Crippen molar-refractivity contribution in [3.8, 4) is 0 Å². The van der Waals surface area contributed by atoms with E-state index in [0.717, 1.165) is 11.1 Å². The van der Waals surface area contributed by atoms with E-state index in [0.29, 0.717) is 11.4 Å². The maximum Gasteiger partial charge on any atom is 0.179 e. The third-order valence-electron chi connectivity index (χ3n) is 3.56. The number of hydrogen-bond donors (Lipinski definition) is 2. The summed E-state index contributed by atoms with van der Waals surface area (Å²) in [6.07, 6.45) is 0. The number of hydrogen-bond acceptors (Lipinski definition) is 4. The highest BCUT2D eigenvalue weighted by Crippen LogP contribution is 2.15. The third-order valence-corrected chi connectivity index (χ3v) is 5.29. The number of aliphatic hydroxyl groups excluding tert-OH is 1. The lowest BCUT2D eigenvalue weighted by molar-refractivity contribution is 0.281. The summed E-state index contributed by atoms with van der Waals surface area (Å²) in [5.41, 5.74) is 1.88. The highest BCUT2D eigenvalue weighted by molar-refractivity contribution is 7.91. The number of rotatable bonds is 7. The van der Waals surface area contributed by atoms with Gasteiger partial charge >= 0.3 is 0 Å². The average Bonchev–Trinajstić information content (AvgIpc) is 2.55. The Bertz CT molecular complexity index is 699. The molecule has 0 bridgehead atoms. The summed E-state index contributed by atoms with van der Waals surface area (Å²) in [6, 6.07) is 16.1. The van der Waals surface area contributed by atoms with E-state index in [-0.39, 0.29) is 18.4 Å². The van der Waals surface area contributed by atoms with Crippen LogP contribution < -0.4 is 5.32 Å². The lowest BCUT2D eigenvalue weighted by Crippen LogP contribution is -2.25. The van der Waals surface area contributed by atoms with Crippen molar-refractivity contribution in [2.45, 2.75) is 24.5 Å². The predicted molar refractivity (Wildman–Crippen MR) is 87.3 cm³/mol. The van der Waals surface area contributed by atoms with Gasteiger partial charge in [-0.05, 0) is 30.2 Å². The van der Waals surface area contributed by atoms with E-state index >= 15 is 0 Å². The molecule has 0 aliphatic rings. The molecule has 0 aliphatic carbocycles. The molecule has 0 saturated carbocycles. The molecule has 1 unspecified atom stereocenters. The van der Waals surface area contributed by atoms with Gasteiger partial charge in [-0.1, -0.05) is 42.5 Å². The Morgan fingerprint density at radius 1 is 1.09 bits per heavy atom. The minimum atomic E-state index is -3.25. The molecule has 4 nitrogen and oxygen atoms in total. The van der Waals surface area contributed by atoms with Crippen LogP contribution in [-0.2, 0) is 16.4 Å². The molecule has 0 aliphatic heterocycles. The molecule has 0 aromatic heterocycles. The SMILES string of the molecule is CC(NCCS(=O)(=O)c1ccccc1)c1cccc(CO)c1. The van der Waals surface area contributed by atoms with Gasteiger partial charge in [0.05, 0.1) is 17.3 Å². The van der Waals surface area contributed by atoms with E-state index in [2.05, 4.69) is 5.32 Å². The minimum Gasteiger partial charge on any atom is -0.392 e. The van der Waals surface area contributed by atoms with E-state index in [4.69, 9.17) is 5.11 Å². The maximum atomic E-state index is 12.2. The monoisotopic (exact) mass is 319 g/mol. The quantitative estimate of drug-likeness (QED) is 0.822. The fourth-order valence-corrected chi connectivity index (χ4v) is 3.43. The van der Waals surface area contributed by atoms with Crippen LogP contribution in [0, 0.1) is 0 Å². The number of sulfone groups is 1. The first-order valence-electron chi connectivity index (χ1n) is 7.24. The summed E-state index contributed by atoms with van der Waals surface area (Å²) in [4.78, 5) is 0.353. The minimum absolute atomic E-state index is 0.00292.